The van der Waals surface area contributed by atoms with Gasteiger partial charge in [-0.2, -0.15) is 0 Å². The third-order valence-electron chi connectivity index (χ3n) is 6.19. The number of fused-ring (bicyclic) bond motifs is 1. The van der Waals surface area contributed by atoms with Crippen LogP contribution in [-0.4, -0.2) is 27.4 Å². The molecule has 4 rings (SSSR count). The van der Waals surface area contributed by atoms with Gasteiger partial charge in [0.25, 0.3) is 0 Å². The van der Waals surface area contributed by atoms with Gasteiger partial charge in [0.2, 0.25) is 5.91 Å². The Morgan fingerprint density at radius 3 is 2.55 bits per heavy atom. The first-order valence-electron chi connectivity index (χ1n) is 10.1. The molecular formula is C23H29N5O. The van der Waals surface area contributed by atoms with E-state index in [4.69, 9.17) is 4.98 Å². The van der Waals surface area contributed by atoms with Gasteiger partial charge in [-0.1, -0.05) is 18.2 Å². The molecule has 6 heteroatoms. The first-order valence-corrected chi connectivity index (χ1v) is 10.1. The van der Waals surface area contributed by atoms with Gasteiger partial charge in [0, 0.05) is 18.4 Å². The zero-order valence-corrected chi connectivity index (χ0v) is 17.8. The van der Waals surface area contributed by atoms with Crippen molar-refractivity contribution in [2.24, 2.45) is 0 Å². The predicted molar refractivity (Wildman–Crippen MR) is 118 cm³/mol. The second-order valence-corrected chi connectivity index (χ2v) is 8.31. The van der Waals surface area contributed by atoms with E-state index in [1.165, 1.54) is 16.7 Å². The summed E-state index contributed by atoms with van der Waals surface area (Å²) in [4.78, 5) is 17.4. The van der Waals surface area contributed by atoms with Crippen molar-refractivity contribution >= 4 is 22.9 Å². The number of benzene rings is 1. The first kappa shape index (κ1) is 19.5. The smallest absolute Gasteiger partial charge is 0.244 e. The van der Waals surface area contributed by atoms with E-state index in [0.717, 1.165) is 41.4 Å². The van der Waals surface area contributed by atoms with Crippen molar-refractivity contribution in [1.82, 2.24) is 14.7 Å². The van der Waals surface area contributed by atoms with Crippen LogP contribution in [0.5, 0.6) is 0 Å². The lowest BCUT2D eigenvalue weighted by molar-refractivity contribution is -0.124. The molecule has 1 fully saturated rings. The fraction of sp³-hybridized carbons (Fsp3) is 0.391. The molecule has 0 radical (unpaired) electrons. The normalized spacial score (nSPS) is 18.5. The maximum atomic E-state index is 12.7. The average Bonchev–Trinajstić information content (AvgIpc) is 2.94. The molecule has 2 aromatic heterocycles. The van der Waals surface area contributed by atoms with Gasteiger partial charge in [0.15, 0.2) is 5.65 Å². The molecule has 1 aliphatic heterocycles. The minimum absolute atomic E-state index is 0.00158. The number of amides is 1. The summed E-state index contributed by atoms with van der Waals surface area (Å²) >= 11 is 0. The number of imidazole rings is 1. The minimum Gasteiger partial charge on any atom is -0.378 e. The van der Waals surface area contributed by atoms with E-state index < -0.39 is 5.54 Å². The highest BCUT2D eigenvalue weighted by Gasteiger charge is 2.38. The molecule has 1 saturated heterocycles. The number of anilines is 2. The minimum atomic E-state index is -0.485. The number of aromatic nitrogens is 2. The van der Waals surface area contributed by atoms with Crippen molar-refractivity contribution in [3.8, 4) is 0 Å². The number of rotatable bonds is 5. The maximum Gasteiger partial charge on any atom is 0.244 e. The third kappa shape index (κ3) is 3.49. The number of carbonyl (C=O) groups excluding carboxylic acids is 1. The summed E-state index contributed by atoms with van der Waals surface area (Å²) in [5.74, 6) is -0.00158. The van der Waals surface area contributed by atoms with Gasteiger partial charge in [0.1, 0.15) is 0 Å². The van der Waals surface area contributed by atoms with Crippen molar-refractivity contribution in [2.45, 2.75) is 53.1 Å². The Labute approximate surface area is 171 Å². The van der Waals surface area contributed by atoms with Gasteiger partial charge in [-0.25, -0.2) is 4.98 Å². The Kier molecular flexibility index (Phi) is 4.82. The van der Waals surface area contributed by atoms with E-state index in [-0.39, 0.29) is 5.91 Å². The first-order chi connectivity index (χ1) is 13.8. The highest BCUT2D eigenvalue weighted by Crippen LogP contribution is 2.27. The Morgan fingerprint density at radius 1 is 1.24 bits per heavy atom. The van der Waals surface area contributed by atoms with Gasteiger partial charge in [-0.05, 0) is 70.3 Å². The van der Waals surface area contributed by atoms with Crippen LogP contribution in [-0.2, 0) is 11.3 Å². The Hall–Kier alpha value is -2.86. The van der Waals surface area contributed by atoms with Crippen LogP contribution in [0.3, 0.4) is 0 Å². The van der Waals surface area contributed by atoms with Crippen LogP contribution in [0.1, 0.15) is 41.4 Å². The molecule has 29 heavy (non-hydrogen) atoms. The second kappa shape index (κ2) is 7.19. The molecule has 6 nitrogen and oxygen atoms in total. The number of nitrogens with zero attached hydrogens (tertiary/aromatic N) is 2. The van der Waals surface area contributed by atoms with E-state index in [1.807, 2.05) is 33.0 Å². The second-order valence-electron chi connectivity index (χ2n) is 8.31. The summed E-state index contributed by atoms with van der Waals surface area (Å²) in [5, 5.41) is 9.86. The molecule has 152 valence electrons. The molecule has 3 N–H and O–H groups in total. The van der Waals surface area contributed by atoms with Gasteiger partial charge >= 0.3 is 0 Å². The number of nitrogens with one attached hydrogen (secondary N) is 3. The van der Waals surface area contributed by atoms with Crippen LogP contribution in [0.2, 0.25) is 0 Å². The van der Waals surface area contributed by atoms with E-state index in [9.17, 15) is 4.79 Å². The molecule has 0 spiro atoms. The fourth-order valence-electron chi connectivity index (χ4n) is 3.84. The van der Waals surface area contributed by atoms with Gasteiger partial charge in [0.05, 0.1) is 22.6 Å². The van der Waals surface area contributed by atoms with E-state index in [1.54, 1.807) is 0 Å². The molecule has 3 heterocycles. The van der Waals surface area contributed by atoms with Gasteiger partial charge in [-0.3, -0.25) is 4.79 Å². The molecule has 1 aliphatic rings. The van der Waals surface area contributed by atoms with E-state index in [0.29, 0.717) is 6.54 Å². The SMILES string of the molecule is Cc1cccc(C)c1CNc1cc(NC(=O)[C@@]2(C)CCN2)cn2c(C)c(C)nc12. The maximum absolute atomic E-state index is 12.7. The zero-order chi connectivity index (χ0) is 20.8. The van der Waals surface area contributed by atoms with Crippen LogP contribution in [0, 0.1) is 27.7 Å². The lowest BCUT2D eigenvalue weighted by Crippen LogP contribution is -2.61. The number of hydrogen-bond acceptors (Lipinski definition) is 4. The number of hydrogen-bond donors (Lipinski definition) is 3. The summed E-state index contributed by atoms with van der Waals surface area (Å²) < 4.78 is 2.05. The van der Waals surface area contributed by atoms with Crippen LogP contribution in [0.4, 0.5) is 11.4 Å². The molecular weight excluding hydrogens is 362 g/mol. The largest absolute Gasteiger partial charge is 0.378 e. The monoisotopic (exact) mass is 391 g/mol. The van der Waals surface area contributed by atoms with Gasteiger partial charge in [-0.15, -0.1) is 0 Å². The summed E-state index contributed by atoms with van der Waals surface area (Å²) in [6, 6.07) is 8.33. The molecule has 0 bridgehead atoms. The molecule has 1 atom stereocenters. The van der Waals surface area contributed by atoms with Crippen LogP contribution >= 0.6 is 0 Å². The van der Waals surface area contributed by atoms with Crippen LogP contribution < -0.4 is 16.0 Å². The van der Waals surface area contributed by atoms with Crippen molar-refractivity contribution in [3.63, 3.8) is 0 Å². The third-order valence-corrected chi connectivity index (χ3v) is 6.19. The number of aryl methyl sites for hydroxylation is 4. The summed E-state index contributed by atoms with van der Waals surface area (Å²) in [6.07, 6.45) is 2.80. The summed E-state index contributed by atoms with van der Waals surface area (Å²) in [5.41, 5.74) is 7.92. The van der Waals surface area contributed by atoms with Crippen molar-refractivity contribution in [2.75, 3.05) is 17.2 Å². The lowest BCUT2D eigenvalue weighted by Gasteiger charge is -2.38. The molecule has 1 amide bonds. The highest BCUT2D eigenvalue weighted by atomic mass is 16.2. The van der Waals surface area contributed by atoms with Gasteiger partial charge < -0.3 is 20.4 Å². The summed E-state index contributed by atoms with van der Waals surface area (Å²) in [6.45, 7) is 11.8. The Balaban J connectivity index is 1.68. The van der Waals surface area contributed by atoms with Crippen molar-refractivity contribution in [1.29, 1.82) is 0 Å². The Bertz CT molecular complexity index is 1070. The van der Waals surface area contributed by atoms with Crippen LogP contribution in [0.25, 0.3) is 5.65 Å². The average molecular weight is 392 g/mol. The number of carbonyl (C=O) groups is 1. The standard InChI is InChI=1S/C23H29N5O/c1-14-7-6-8-15(2)19(14)12-24-20-11-18(27-22(29)23(5)9-10-25-23)13-28-17(4)16(3)26-21(20)28/h6-8,11,13,24-25H,9-10,12H2,1-5H3,(H,27,29)/t23-/m1/s1. The summed E-state index contributed by atoms with van der Waals surface area (Å²) in [7, 11) is 0. The quantitative estimate of drug-likeness (QED) is 0.617. The van der Waals surface area contributed by atoms with Crippen LogP contribution in [0.15, 0.2) is 30.5 Å². The molecule has 0 aliphatic carbocycles. The molecule has 0 saturated carbocycles. The molecule has 0 unspecified atom stereocenters. The zero-order valence-electron chi connectivity index (χ0n) is 17.8. The molecule has 1 aromatic carbocycles. The van der Waals surface area contributed by atoms with E-state index in [2.05, 4.69) is 52.4 Å². The van der Waals surface area contributed by atoms with E-state index >= 15 is 0 Å². The number of pyridine rings is 1. The predicted octanol–water partition coefficient (Wildman–Crippen LogP) is 3.87. The fourth-order valence-corrected chi connectivity index (χ4v) is 3.84. The lowest BCUT2D eigenvalue weighted by atomic mass is 9.89. The van der Waals surface area contributed by atoms with Crippen molar-refractivity contribution < 1.29 is 4.79 Å². The molecule has 3 aromatic rings. The topological polar surface area (TPSA) is 70.5 Å². The Morgan fingerprint density at radius 2 is 1.93 bits per heavy atom. The highest BCUT2D eigenvalue weighted by molar-refractivity contribution is 5.99. The van der Waals surface area contributed by atoms with Crippen molar-refractivity contribution in [3.05, 3.63) is 58.5 Å².